The lowest BCUT2D eigenvalue weighted by Gasteiger charge is -2.22. The van der Waals surface area contributed by atoms with Crippen LogP contribution in [0.1, 0.15) is 37.6 Å². The first-order chi connectivity index (χ1) is 14.9. The van der Waals surface area contributed by atoms with E-state index in [9.17, 15) is 29.3 Å². The number of alkyl carbamates (subject to hydrolysis) is 1. The molecule has 1 aromatic rings. The summed E-state index contributed by atoms with van der Waals surface area (Å²) in [4.78, 5) is 58.4. The second kappa shape index (κ2) is 11.4. The number of hydrogen-bond donors (Lipinski definition) is 2. The number of rotatable bonds is 9. The molecule has 2 amide bonds. The van der Waals surface area contributed by atoms with Gasteiger partial charge in [0.1, 0.15) is 11.6 Å². The van der Waals surface area contributed by atoms with Crippen molar-refractivity contribution >= 4 is 35.3 Å². The van der Waals surface area contributed by atoms with Crippen LogP contribution in [0, 0.1) is 10.1 Å². The van der Waals surface area contributed by atoms with Gasteiger partial charge in [0.05, 0.1) is 23.3 Å². The summed E-state index contributed by atoms with van der Waals surface area (Å²) in [5.74, 6) is -1.81. The molecule has 1 atom stereocenters. The lowest BCUT2D eigenvalue weighted by molar-refractivity contribution is -0.385. The minimum atomic E-state index is -1.17. The molecule has 0 saturated heterocycles. The van der Waals surface area contributed by atoms with Crippen molar-refractivity contribution in [2.75, 3.05) is 19.0 Å². The molecule has 12 nitrogen and oxygen atoms in total. The van der Waals surface area contributed by atoms with Crippen LogP contribution in [0.4, 0.5) is 21.0 Å². The number of anilines is 1. The monoisotopic (exact) mass is 451 g/mol. The van der Waals surface area contributed by atoms with E-state index in [1.165, 1.54) is 12.1 Å². The van der Waals surface area contributed by atoms with Gasteiger partial charge in [-0.2, -0.15) is 0 Å². The Morgan fingerprint density at radius 3 is 2.41 bits per heavy atom. The molecule has 0 aromatic heterocycles. The van der Waals surface area contributed by atoms with Gasteiger partial charge in [-0.25, -0.2) is 14.4 Å². The maximum Gasteiger partial charge on any atom is 0.411 e. The highest BCUT2D eigenvalue weighted by atomic mass is 16.6. The first-order valence-corrected chi connectivity index (χ1v) is 9.31. The molecule has 2 N–H and O–H groups in total. The molecule has 12 heteroatoms. The maximum absolute atomic E-state index is 12.4. The lowest BCUT2D eigenvalue weighted by Crippen LogP contribution is -2.44. The van der Waals surface area contributed by atoms with Gasteiger partial charge in [-0.1, -0.05) is 6.08 Å². The summed E-state index contributed by atoms with van der Waals surface area (Å²) in [6.45, 7) is 7.61. The summed E-state index contributed by atoms with van der Waals surface area (Å²) >= 11 is 0. The van der Waals surface area contributed by atoms with Crippen molar-refractivity contribution in [3.05, 3.63) is 46.5 Å². The molecule has 0 aliphatic rings. The number of hydrogen-bond acceptors (Lipinski definition) is 9. The summed E-state index contributed by atoms with van der Waals surface area (Å²) in [7, 11) is 1.12. The Kier molecular flexibility index (Phi) is 9.32. The van der Waals surface area contributed by atoms with Crippen LogP contribution in [0.5, 0.6) is 0 Å². The van der Waals surface area contributed by atoms with Crippen LogP contribution in [-0.2, 0) is 19.0 Å². The fourth-order valence-corrected chi connectivity index (χ4v) is 2.31. The van der Waals surface area contributed by atoms with Crippen LogP contribution in [-0.4, -0.2) is 54.2 Å². The third-order valence-corrected chi connectivity index (χ3v) is 3.65. The minimum Gasteiger partial charge on any atom is -0.456 e. The number of nitro groups is 1. The Morgan fingerprint density at radius 1 is 1.22 bits per heavy atom. The minimum absolute atomic E-state index is 0.000307. The lowest BCUT2D eigenvalue weighted by atomic mass is 10.1. The Balaban J connectivity index is 2.89. The van der Waals surface area contributed by atoms with E-state index in [0.717, 1.165) is 19.2 Å². The summed E-state index contributed by atoms with van der Waals surface area (Å²) in [6.07, 6.45) is -0.349. The normalized spacial score (nSPS) is 11.5. The molecular formula is C20H25N3O9. The predicted molar refractivity (Wildman–Crippen MR) is 112 cm³/mol. The highest BCUT2D eigenvalue weighted by Gasteiger charge is 2.27. The second-order valence-corrected chi connectivity index (χ2v) is 7.36. The van der Waals surface area contributed by atoms with Gasteiger partial charge in [0.2, 0.25) is 5.78 Å². The number of nitrogens with zero attached hydrogens (tertiary/aromatic N) is 1. The van der Waals surface area contributed by atoms with Gasteiger partial charge in [0, 0.05) is 6.07 Å². The molecule has 0 radical (unpaired) electrons. The van der Waals surface area contributed by atoms with Crippen molar-refractivity contribution in [2.45, 2.75) is 38.8 Å². The van der Waals surface area contributed by atoms with Crippen molar-refractivity contribution < 1.29 is 38.3 Å². The summed E-state index contributed by atoms with van der Waals surface area (Å²) in [5, 5.41) is 15.9. The fraction of sp³-hybridized carbons (Fsp3) is 0.400. The third kappa shape index (κ3) is 8.42. The van der Waals surface area contributed by atoms with E-state index in [1.54, 1.807) is 20.8 Å². The van der Waals surface area contributed by atoms with E-state index < -0.39 is 52.8 Å². The molecule has 0 aliphatic carbocycles. The topological polar surface area (TPSA) is 163 Å². The van der Waals surface area contributed by atoms with E-state index in [-0.39, 0.29) is 17.7 Å². The van der Waals surface area contributed by atoms with Crippen LogP contribution < -0.4 is 10.6 Å². The molecule has 32 heavy (non-hydrogen) atoms. The molecule has 0 unspecified atom stereocenters. The summed E-state index contributed by atoms with van der Waals surface area (Å²) in [5.41, 5.74) is -1.70. The molecule has 1 rings (SSSR count). The van der Waals surface area contributed by atoms with Crippen molar-refractivity contribution in [3.8, 4) is 0 Å². The van der Waals surface area contributed by atoms with Gasteiger partial charge in [-0.3, -0.25) is 20.2 Å². The van der Waals surface area contributed by atoms with Crippen molar-refractivity contribution in [1.29, 1.82) is 0 Å². The highest BCUT2D eigenvalue weighted by Crippen LogP contribution is 2.24. The molecule has 0 bridgehead atoms. The van der Waals surface area contributed by atoms with Gasteiger partial charge in [-0.05, 0) is 39.3 Å². The quantitative estimate of drug-likeness (QED) is 0.143. The van der Waals surface area contributed by atoms with E-state index in [2.05, 4.69) is 21.9 Å². The number of Topliss-reactive ketones (excluding diaryl/α,β-unsaturated/α-hetero) is 1. The first-order valence-electron chi connectivity index (χ1n) is 9.31. The number of nitrogens with one attached hydrogen (secondary N) is 2. The number of carbonyl (C=O) groups is 4. The van der Waals surface area contributed by atoms with Gasteiger partial charge >= 0.3 is 18.2 Å². The largest absolute Gasteiger partial charge is 0.456 e. The van der Waals surface area contributed by atoms with Gasteiger partial charge < -0.3 is 19.5 Å². The van der Waals surface area contributed by atoms with Crippen molar-refractivity contribution in [3.63, 3.8) is 0 Å². The Morgan fingerprint density at radius 2 is 1.88 bits per heavy atom. The zero-order valence-electron chi connectivity index (χ0n) is 18.1. The van der Waals surface area contributed by atoms with Gasteiger partial charge in [-0.15, -0.1) is 6.58 Å². The average molecular weight is 451 g/mol. The summed E-state index contributed by atoms with van der Waals surface area (Å²) in [6, 6.07) is 2.16. The van der Waals surface area contributed by atoms with Crippen LogP contribution in [0.3, 0.4) is 0 Å². The smallest absolute Gasteiger partial charge is 0.411 e. The van der Waals surface area contributed by atoms with Crippen LogP contribution in [0.2, 0.25) is 0 Å². The predicted octanol–water partition coefficient (Wildman–Crippen LogP) is 2.97. The average Bonchev–Trinajstić information content (AvgIpc) is 2.69. The number of methoxy groups -OCH3 is 1. The summed E-state index contributed by atoms with van der Waals surface area (Å²) < 4.78 is 14.4. The maximum atomic E-state index is 12.4. The Labute approximate surface area is 184 Å². The molecular weight excluding hydrogens is 426 g/mol. The zero-order valence-corrected chi connectivity index (χ0v) is 18.1. The molecule has 0 aliphatic heterocycles. The van der Waals surface area contributed by atoms with E-state index >= 15 is 0 Å². The molecule has 174 valence electrons. The Hall–Kier alpha value is -3.96. The number of ketones is 1. The second-order valence-electron chi connectivity index (χ2n) is 7.36. The van der Waals surface area contributed by atoms with Crippen molar-refractivity contribution in [1.82, 2.24) is 5.32 Å². The van der Waals surface area contributed by atoms with Gasteiger partial charge in [0.25, 0.3) is 5.69 Å². The number of amides is 2. The zero-order chi connectivity index (χ0) is 24.5. The van der Waals surface area contributed by atoms with Gasteiger partial charge in [0.15, 0.2) is 6.61 Å². The number of nitro benzene ring substituents is 1. The highest BCUT2D eigenvalue weighted by molar-refractivity contribution is 6.02. The van der Waals surface area contributed by atoms with Crippen molar-refractivity contribution in [2.24, 2.45) is 0 Å². The molecule has 0 fully saturated rings. The molecule has 0 saturated carbocycles. The number of benzene rings is 1. The molecule has 0 heterocycles. The number of ether oxygens (including phenoxy) is 3. The molecule has 1 aromatic carbocycles. The Bertz CT molecular complexity index is 906. The standard InChI is InChI=1S/C20H25N3O9/c1-6-7-14(22-19(27)32-20(2,3)4)17(25)31-11-16(24)13-9-8-12(21-18(26)30-5)10-15(13)23(28)29/h6,8-10,14H,1,7,11H2,2-5H3,(H,21,26)(H,22,27)/t14-/m0/s1. The van der Waals surface area contributed by atoms with E-state index in [4.69, 9.17) is 9.47 Å². The van der Waals surface area contributed by atoms with E-state index in [0.29, 0.717) is 0 Å². The van der Waals surface area contributed by atoms with E-state index in [1.807, 2.05) is 0 Å². The van der Waals surface area contributed by atoms with Crippen LogP contribution in [0.15, 0.2) is 30.9 Å². The number of esters is 1. The first kappa shape index (κ1) is 26.1. The number of carbonyl (C=O) groups excluding carboxylic acids is 4. The fourth-order valence-electron chi connectivity index (χ4n) is 2.31. The van der Waals surface area contributed by atoms with Crippen LogP contribution >= 0.6 is 0 Å². The SMILES string of the molecule is C=CC[C@H](NC(=O)OC(C)(C)C)C(=O)OCC(=O)c1ccc(NC(=O)OC)cc1[N+](=O)[O-]. The third-order valence-electron chi connectivity index (χ3n) is 3.65. The van der Waals surface area contributed by atoms with Crippen LogP contribution in [0.25, 0.3) is 0 Å². The molecule has 0 spiro atoms.